The van der Waals surface area contributed by atoms with Crippen molar-refractivity contribution >= 4 is 5.91 Å². The van der Waals surface area contributed by atoms with Gasteiger partial charge in [-0.05, 0) is 44.1 Å². The maximum absolute atomic E-state index is 12.1. The zero-order valence-corrected chi connectivity index (χ0v) is 10.6. The molecule has 98 valence electrons. The summed E-state index contributed by atoms with van der Waals surface area (Å²) in [5.74, 6) is 1.51. The highest BCUT2D eigenvalue weighted by atomic mass is 16.5. The standard InChI is InChI=1S/C13H24N2O2/c14-10-12-1-5-15(6-2-12)13(16)9-11-3-7-17-8-4-11/h11-12H,1-10,14H2. The molecule has 2 fully saturated rings. The normalized spacial score (nSPS) is 23.9. The van der Waals surface area contributed by atoms with Gasteiger partial charge in [0.1, 0.15) is 0 Å². The van der Waals surface area contributed by atoms with E-state index in [9.17, 15) is 4.79 Å². The van der Waals surface area contributed by atoms with E-state index >= 15 is 0 Å². The average Bonchev–Trinajstić information content (AvgIpc) is 2.40. The lowest BCUT2D eigenvalue weighted by molar-refractivity contribution is -0.134. The molecule has 4 heteroatoms. The number of amides is 1. The number of rotatable bonds is 3. The highest BCUT2D eigenvalue weighted by Gasteiger charge is 2.24. The molecule has 2 rings (SSSR count). The molecule has 0 unspecified atom stereocenters. The lowest BCUT2D eigenvalue weighted by Crippen LogP contribution is -2.41. The van der Waals surface area contributed by atoms with Gasteiger partial charge in [0, 0.05) is 32.7 Å². The predicted octanol–water partition coefficient (Wildman–Crippen LogP) is 1.00. The number of nitrogens with two attached hydrogens (primary N) is 1. The van der Waals surface area contributed by atoms with Crippen LogP contribution in [0.25, 0.3) is 0 Å². The summed E-state index contributed by atoms with van der Waals surface area (Å²) in [7, 11) is 0. The van der Waals surface area contributed by atoms with Gasteiger partial charge in [0.15, 0.2) is 0 Å². The molecule has 0 radical (unpaired) electrons. The SMILES string of the molecule is NCC1CCN(C(=O)CC2CCOCC2)CC1. The third-order valence-corrected chi connectivity index (χ3v) is 4.10. The maximum atomic E-state index is 12.1. The zero-order chi connectivity index (χ0) is 12.1. The molecule has 2 saturated heterocycles. The van der Waals surface area contributed by atoms with Crippen LogP contribution in [-0.4, -0.2) is 43.7 Å². The minimum atomic E-state index is 0.340. The number of carbonyl (C=O) groups is 1. The van der Waals surface area contributed by atoms with Crippen molar-refractivity contribution < 1.29 is 9.53 Å². The molecule has 0 atom stereocenters. The first-order chi connectivity index (χ1) is 8.29. The number of ether oxygens (including phenoxy) is 1. The van der Waals surface area contributed by atoms with Crippen LogP contribution >= 0.6 is 0 Å². The van der Waals surface area contributed by atoms with Crippen LogP contribution in [-0.2, 0) is 9.53 Å². The van der Waals surface area contributed by atoms with Crippen LogP contribution in [0.15, 0.2) is 0 Å². The highest BCUT2D eigenvalue weighted by Crippen LogP contribution is 2.22. The van der Waals surface area contributed by atoms with Crippen molar-refractivity contribution in [1.29, 1.82) is 0 Å². The van der Waals surface area contributed by atoms with E-state index in [1.165, 1.54) is 0 Å². The molecule has 0 aromatic rings. The summed E-state index contributed by atoms with van der Waals surface area (Å²) in [5, 5.41) is 0. The number of likely N-dealkylation sites (tertiary alicyclic amines) is 1. The minimum absolute atomic E-state index is 0.340. The molecule has 17 heavy (non-hydrogen) atoms. The first-order valence-corrected chi connectivity index (χ1v) is 6.85. The summed E-state index contributed by atoms with van der Waals surface area (Å²) >= 11 is 0. The first-order valence-electron chi connectivity index (χ1n) is 6.85. The van der Waals surface area contributed by atoms with Crippen molar-refractivity contribution in [2.24, 2.45) is 17.6 Å². The molecule has 0 aromatic heterocycles. The fraction of sp³-hybridized carbons (Fsp3) is 0.923. The van der Waals surface area contributed by atoms with Gasteiger partial charge in [-0.3, -0.25) is 4.79 Å². The van der Waals surface area contributed by atoms with Crippen LogP contribution in [0, 0.1) is 11.8 Å². The molecule has 0 bridgehead atoms. The minimum Gasteiger partial charge on any atom is -0.381 e. The zero-order valence-electron chi connectivity index (χ0n) is 10.6. The Labute approximate surface area is 103 Å². The molecule has 0 aromatic carbocycles. The quantitative estimate of drug-likeness (QED) is 0.800. The van der Waals surface area contributed by atoms with E-state index in [4.69, 9.17) is 10.5 Å². The maximum Gasteiger partial charge on any atom is 0.222 e. The van der Waals surface area contributed by atoms with E-state index in [0.717, 1.165) is 65.0 Å². The highest BCUT2D eigenvalue weighted by molar-refractivity contribution is 5.76. The molecule has 0 saturated carbocycles. The number of piperidine rings is 1. The molecular formula is C13H24N2O2. The van der Waals surface area contributed by atoms with Crippen LogP contribution in [0.3, 0.4) is 0 Å². The van der Waals surface area contributed by atoms with Crippen LogP contribution in [0.2, 0.25) is 0 Å². The number of hydrogen-bond donors (Lipinski definition) is 1. The molecular weight excluding hydrogens is 216 g/mol. The Kier molecular flexibility index (Phi) is 4.80. The van der Waals surface area contributed by atoms with Gasteiger partial charge in [0.25, 0.3) is 0 Å². The van der Waals surface area contributed by atoms with Gasteiger partial charge in [-0.1, -0.05) is 0 Å². The lowest BCUT2D eigenvalue weighted by atomic mass is 9.93. The van der Waals surface area contributed by atoms with Gasteiger partial charge in [-0.15, -0.1) is 0 Å². The average molecular weight is 240 g/mol. The number of nitrogens with zero attached hydrogens (tertiary/aromatic N) is 1. The Balaban J connectivity index is 1.72. The third-order valence-electron chi connectivity index (χ3n) is 4.10. The Bertz CT molecular complexity index is 244. The Morgan fingerprint density at radius 3 is 2.35 bits per heavy atom. The topological polar surface area (TPSA) is 55.6 Å². The van der Waals surface area contributed by atoms with Gasteiger partial charge < -0.3 is 15.4 Å². The van der Waals surface area contributed by atoms with E-state index in [0.29, 0.717) is 17.7 Å². The molecule has 0 spiro atoms. The molecule has 4 nitrogen and oxygen atoms in total. The molecule has 2 aliphatic rings. The third kappa shape index (κ3) is 3.68. The van der Waals surface area contributed by atoms with Crippen LogP contribution in [0.1, 0.15) is 32.1 Å². The van der Waals surface area contributed by atoms with Crippen molar-refractivity contribution in [3.8, 4) is 0 Å². The van der Waals surface area contributed by atoms with Crippen LogP contribution < -0.4 is 5.73 Å². The van der Waals surface area contributed by atoms with E-state index < -0.39 is 0 Å². The van der Waals surface area contributed by atoms with Gasteiger partial charge >= 0.3 is 0 Å². The van der Waals surface area contributed by atoms with E-state index in [2.05, 4.69) is 0 Å². The second kappa shape index (κ2) is 6.36. The van der Waals surface area contributed by atoms with E-state index in [-0.39, 0.29) is 0 Å². The Morgan fingerprint density at radius 1 is 1.12 bits per heavy atom. The summed E-state index contributed by atoms with van der Waals surface area (Å²) in [6, 6.07) is 0. The Hall–Kier alpha value is -0.610. The van der Waals surface area contributed by atoms with Crippen molar-refractivity contribution in [1.82, 2.24) is 4.90 Å². The molecule has 2 N–H and O–H groups in total. The van der Waals surface area contributed by atoms with Crippen LogP contribution in [0.4, 0.5) is 0 Å². The summed E-state index contributed by atoms with van der Waals surface area (Å²) in [6.07, 6.45) is 4.97. The fourth-order valence-corrected chi connectivity index (χ4v) is 2.74. The van der Waals surface area contributed by atoms with Crippen molar-refractivity contribution in [2.75, 3.05) is 32.8 Å². The van der Waals surface area contributed by atoms with Crippen LogP contribution in [0.5, 0.6) is 0 Å². The molecule has 0 aliphatic carbocycles. The second-order valence-electron chi connectivity index (χ2n) is 5.32. The lowest BCUT2D eigenvalue weighted by Gasteiger charge is -2.33. The van der Waals surface area contributed by atoms with E-state index in [1.807, 2.05) is 4.90 Å². The summed E-state index contributed by atoms with van der Waals surface area (Å²) < 4.78 is 5.32. The van der Waals surface area contributed by atoms with Crippen molar-refractivity contribution in [2.45, 2.75) is 32.1 Å². The second-order valence-corrected chi connectivity index (χ2v) is 5.32. The van der Waals surface area contributed by atoms with Gasteiger partial charge in [0.2, 0.25) is 5.91 Å². The van der Waals surface area contributed by atoms with Gasteiger partial charge in [0.05, 0.1) is 0 Å². The molecule has 2 heterocycles. The largest absolute Gasteiger partial charge is 0.381 e. The summed E-state index contributed by atoms with van der Waals surface area (Å²) in [4.78, 5) is 14.1. The van der Waals surface area contributed by atoms with Crippen molar-refractivity contribution in [3.63, 3.8) is 0 Å². The Morgan fingerprint density at radius 2 is 1.76 bits per heavy atom. The monoisotopic (exact) mass is 240 g/mol. The fourth-order valence-electron chi connectivity index (χ4n) is 2.74. The summed E-state index contributed by atoms with van der Waals surface area (Å²) in [5.41, 5.74) is 5.66. The molecule has 1 amide bonds. The number of hydrogen-bond acceptors (Lipinski definition) is 3. The summed E-state index contributed by atoms with van der Waals surface area (Å²) in [6.45, 7) is 4.23. The first kappa shape index (κ1) is 12.8. The number of carbonyl (C=O) groups excluding carboxylic acids is 1. The molecule has 2 aliphatic heterocycles. The van der Waals surface area contributed by atoms with Gasteiger partial charge in [-0.25, -0.2) is 0 Å². The van der Waals surface area contributed by atoms with Crippen molar-refractivity contribution in [3.05, 3.63) is 0 Å². The van der Waals surface area contributed by atoms with E-state index in [1.54, 1.807) is 0 Å². The smallest absolute Gasteiger partial charge is 0.222 e. The predicted molar refractivity (Wildman–Crippen MR) is 66.5 cm³/mol. The van der Waals surface area contributed by atoms with Gasteiger partial charge in [-0.2, -0.15) is 0 Å².